The van der Waals surface area contributed by atoms with Gasteiger partial charge in [0.05, 0.1) is 10.6 Å². The van der Waals surface area contributed by atoms with Crippen LogP contribution in [-0.2, 0) is 54.2 Å². The molecule has 0 radical (unpaired) electrons. The Morgan fingerprint density at radius 2 is 1.04 bits per heavy atom. The molecule has 0 bridgehead atoms. The van der Waals surface area contributed by atoms with Crippen LogP contribution in [0.1, 0.15) is 28.7 Å². The SMILES string of the molecule is O=C(CCNc1ccc([N+](=O)[O-])c2nonc12)N[C@H](Cc1ccc2ccccc2c1)C(=O)N[C@H](Cc1ccc2ccccc2c1)C(=O)N[C@H](Cc1ccccc1)C(=O)N[C@H](Cc1ccc(OP(=O)(O)O)cc1)C(=O)O. The van der Waals surface area contributed by atoms with E-state index in [2.05, 4.69) is 41.4 Å². The number of hydrogen-bond donors (Lipinski definition) is 8. The van der Waals surface area contributed by atoms with Crippen LogP contribution in [0.4, 0.5) is 11.4 Å². The lowest BCUT2D eigenvalue weighted by molar-refractivity contribution is -0.383. The number of nitrogens with zero attached hydrogens (tertiary/aromatic N) is 3. The highest BCUT2D eigenvalue weighted by Gasteiger charge is 2.33. The van der Waals surface area contributed by atoms with E-state index >= 15 is 0 Å². The van der Waals surface area contributed by atoms with Gasteiger partial charge in [-0.15, -0.1) is 0 Å². The molecule has 1 aromatic heterocycles. The molecule has 0 saturated heterocycles. The topological polar surface area (TPSA) is 315 Å². The molecular weight excluding hydrogens is 988 g/mol. The molecule has 384 valence electrons. The first-order valence-electron chi connectivity index (χ1n) is 23.5. The lowest BCUT2D eigenvalue weighted by Gasteiger charge is -2.26. The molecule has 0 spiro atoms. The molecule has 0 aliphatic heterocycles. The van der Waals surface area contributed by atoms with E-state index < -0.39 is 66.5 Å². The molecule has 8 aromatic rings. The molecule has 0 fully saturated rings. The standard InChI is InChI=1S/C53H49N8O13P/c62-47(24-25-54-41-22-23-46(61(68)69)49-48(41)59-74-60-49)55-42(30-34-14-18-36-10-4-6-12-38(36)26-34)50(63)57-44(31-35-15-19-37-11-5-7-13-39(37)27-35)51(64)56-43(28-32-8-2-1-3-9-32)52(65)58-45(53(66)67)29-33-16-20-40(21-17-33)73-75(70,71)72/h1-23,26-27,42-45,54H,24-25,28-31H2,(H,55,62)(H,56,64)(H,57,63)(H,58,65)(H,66,67)(H2,70,71,72)/t42-,43-,44-,45-/m1/s1. The molecule has 0 saturated carbocycles. The summed E-state index contributed by atoms with van der Waals surface area (Å²) in [6, 6.07) is 37.4. The lowest BCUT2D eigenvalue weighted by Crippen LogP contribution is -2.59. The fourth-order valence-corrected chi connectivity index (χ4v) is 8.87. The van der Waals surface area contributed by atoms with E-state index in [0.29, 0.717) is 27.9 Å². The molecule has 0 aliphatic rings. The van der Waals surface area contributed by atoms with Gasteiger partial charge in [-0.3, -0.25) is 39.1 Å². The number of aliphatic carboxylic acids is 1. The highest BCUT2D eigenvalue weighted by molar-refractivity contribution is 7.46. The van der Waals surface area contributed by atoms with Crippen LogP contribution in [0.5, 0.6) is 5.75 Å². The molecular formula is C53H49N8O13P. The number of carbonyl (C=O) groups excluding carboxylic acids is 4. The van der Waals surface area contributed by atoms with Gasteiger partial charge >= 0.3 is 19.5 Å². The molecule has 4 amide bonds. The number of non-ortho nitro benzene ring substituents is 1. The number of phosphoric acid groups is 1. The molecule has 8 rings (SSSR count). The van der Waals surface area contributed by atoms with E-state index in [9.17, 15) is 53.5 Å². The van der Waals surface area contributed by atoms with Crippen molar-refractivity contribution in [1.82, 2.24) is 31.6 Å². The number of aromatic nitrogens is 2. The molecule has 7 aromatic carbocycles. The first kappa shape index (κ1) is 52.3. The number of carbonyl (C=O) groups is 5. The highest BCUT2D eigenvalue weighted by atomic mass is 31.2. The third kappa shape index (κ3) is 14.1. The maximum atomic E-state index is 14.8. The first-order valence-corrected chi connectivity index (χ1v) is 25.0. The Bertz CT molecular complexity index is 3440. The monoisotopic (exact) mass is 1040 g/mol. The Kier molecular flexibility index (Phi) is 16.5. The van der Waals surface area contributed by atoms with Gasteiger partial charge in [0.1, 0.15) is 29.9 Å². The van der Waals surface area contributed by atoms with Crippen LogP contribution >= 0.6 is 7.82 Å². The predicted molar refractivity (Wildman–Crippen MR) is 275 cm³/mol. The number of hydrogen-bond acceptors (Lipinski definition) is 13. The van der Waals surface area contributed by atoms with Crippen LogP contribution < -0.4 is 31.1 Å². The average Bonchev–Trinajstić information content (AvgIpc) is 3.89. The zero-order chi connectivity index (χ0) is 53.1. The Labute approximate surface area is 427 Å². The van der Waals surface area contributed by atoms with Gasteiger partial charge in [-0.05, 0) is 72.3 Å². The maximum Gasteiger partial charge on any atom is 0.524 e. The molecule has 0 unspecified atom stereocenters. The number of carboxylic acid groups (broad SMARTS) is 1. The number of anilines is 1. The van der Waals surface area contributed by atoms with Crippen molar-refractivity contribution in [2.75, 3.05) is 11.9 Å². The van der Waals surface area contributed by atoms with Crippen molar-refractivity contribution in [1.29, 1.82) is 0 Å². The summed E-state index contributed by atoms with van der Waals surface area (Å²) in [5, 5.41) is 46.8. The van der Waals surface area contributed by atoms with Crippen LogP contribution in [-0.4, -0.2) is 90.4 Å². The van der Waals surface area contributed by atoms with Crippen molar-refractivity contribution in [2.45, 2.75) is 56.3 Å². The fourth-order valence-electron chi connectivity index (χ4n) is 8.48. The fraction of sp³-hybridized carbons (Fsp3) is 0.189. The van der Waals surface area contributed by atoms with E-state index in [1.165, 1.54) is 36.4 Å². The van der Waals surface area contributed by atoms with Crippen molar-refractivity contribution in [2.24, 2.45) is 0 Å². The number of nitrogens with one attached hydrogen (secondary N) is 5. The summed E-state index contributed by atoms with van der Waals surface area (Å²) < 4.78 is 20.7. The summed E-state index contributed by atoms with van der Waals surface area (Å²) in [7, 11) is -4.86. The number of fused-ring (bicyclic) bond motifs is 3. The van der Waals surface area contributed by atoms with E-state index in [0.717, 1.165) is 21.5 Å². The quantitative estimate of drug-likeness (QED) is 0.0216. The number of carboxylic acids is 1. The van der Waals surface area contributed by atoms with Crippen molar-refractivity contribution < 1.29 is 57.5 Å². The smallest absolute Gasteiger partial charge is 0.480 e. The first-order chi connectivity index (χ1) is 36.0. The summed E-state index contributed by atoms with van der Waals surface area (Å²) in [6.45, 7) is -0.00283. The molecule has 8 N–H and O–H groups in total. The van der Waals surface area contributed by atoms with E-state index in [4.69, 9.17) is 4.63 Å². The van der Waals surface area contributed by atoms with Crippen molar-refractivity contribution in [3.05, 3.63) is 184 Å². The number of nitro benzene ring substituents is 1. The zero-order valence-corrected chi connectivity index (χ0v) is 40.6. The molecule has 75 heavy (non-hydrogen) atoms. The highest BCUT2D eigenvalue weighted by Crippen LogP contribution is 2.37. The van der Waals surface area contributed by atoms with E-state index in [-0.39, 0.29) is 61.1 Å². The van der Waals surface area contributed by atoms with Crippen LogP contribution in [0.25, 0.3) is 32.6 Å². The minimum absolute atomic E-state index is 0.00283. The van der Waals surface area contributed by atoms with E-state index in [1.54, 1.807) is 36.4 Å². The second kappa shape index (κ2) is 23.7. The number of rotatable bonds is 23. The summed E-state index contributed by atoms with van der Waals surface area (Å²) >= 11 is 0. The normalized spacial score (nSPS) is 13.0. The molecule has 4 atom stereocenters. The molecule has 21 nitrogen and oxygen atoms in total. The van der Waals surface area contributed by atoms with Crippen molar-refractivity contribution in [3.8, 4) is 5.75 Å². The van der Waals surface area contributed by atoms with Gasteiger partial charge in [-0.1, -0.05) is 127 Å². The number of amides is 4. The third-order valence-electron chi connectivity index (χ3n) is 12.2. The van der Waals surface area contributed by atoms with E-state index in [1.807, 2.05) is 78.9 Å². The summed E-state index contributed by atoms with van der Waals surface area (Å²) in [5.74, 6) is -4.52. The van der Waals surface area contributed by atoms with Crippen molar-refractivity contribution >= 4 is 81.4 Å². The second-order valence-electron chi connectivity index (χ2n) is 17.6. The van der Waals surface area contributed by atoms with Gasteiger partial charge < -0.3 is 36.2 Å². The average molecular weight is 1040 g/mol. The van der Waals surface area contributed by atoms with Gasteiger partial charge in [-0.2, -0.15) is 0 Å². The largest absolute Gasteiger partial charge is 0.524 e. The Hall–Kier alpha value is -9.04. The maximum absolute atomic E-state index is 14.8. The number of benzene rings is 7. The minimum Gasteiger partial charge on any atom is -0.480 e. The minimum atomic E-state index is -4.86. The van der Waals surface area contributed by atoms with Crippen LogP contribution in [0, 0.1) is 10.1 Å². The third-order valence-corrected chi connectivity index (χ3v) is 12.6. The van der Waals surface area contributed by atoms with Gasteiger partial charge in [0, 0.05) is 44.7 Å². The van der Waals surface area contributed by atoms with Gasteiger partial charge in [0.2, 0.25) is 29.1 Å². The molecule has 1 heterocycles. The van der Waals surface area contributed by atoms with Gasteiger partial charge in [-0.25, -0.2) is 14.0 Å². The molecule has 0 aliphatic carbocycles. The second-order valence-corrected chi connectivity index (χ2v) is 18.7. The predicted octanol–water partition coefficient (Wildman–Crippen LogP) is 5.71. The van der Waals surface area contributed by atoms with Gasteiger partial charge in [0.15, 0.2) is 5.52 Å². The van der Waals surface area contributed by atoms with Crippen molar-refractivity contribution in [3.63, 3.8) is 0 Å². The van der Waals surface area contributed by atoms with Crippen LogP contribution in [0.3, 0.4) is 0 Å². The number of nitro groups is 1. The summed E-state index contributed by atoms with van der Waals surface area (Å²) in [5.41, 5.74) is 2.32. The Morgan fingerprint density at radius 1 is 0.573 bits per heavy atom. The van der Waals surface area contributed by atoms with Gasteiger partial charge in [0.25, 0.3) is 0 Å². The Balaban J connectivity index is 1.05. The molecule has 22 heteroatoms. The van der Waals surface area contributed by atoms with Crippen LogP contribution in [0.15, 0.2) is 156 Å². The summed E-state index contributed by atoms with van der Waals surface area (Å²) in [6.07, 6.45) is -0.630. The van der Waals surface area contributed by atoms with Crippen LogP contribution in [0.2, 0.25) is 0 Å². The zero-order valence-electron chi connectivity index (χ0n) is 39.7. The number of phosphoric ester groups is 1. The summed E-state index contributed by atoms with van der Waals surface area (Å²) in [4.78, 5) is 99.5. The lowest BCUT2D eigenvalue weighted by atomic mass is 9.98. The Morgan fingerprint density at radius 3 is 1.59 bits per heavy atom.